The Morgan fingerprint density at radius 3 is 2.22 bits per heavy atom. The molecule has 0 amide bonds. The zero-order valence-electron chi connectivity index (χ0n) is 9.95. The van der Waals surface area contributed by atoms with E-state index in [9.17, 15) is 4.21 Å². The molecule has 2 rings (SSSR count). The van der Waals surface area contributed by atoms with Crippen LogP contribution in [0.1, 0.15) is 5.56 Å². The van der Waals surface area contributed by atoms with E-state index in [1.54, 1.807) is 11.6 Å². The van der Waals surface area contributed by atoms with Crippen molar-refractivity contribution in [2.24, 2.45) is 0 Å². The second-order valence-electron chi connectivity index (χ2n) is 3.78. The Balaban J connectivity index is 1.84. The summed E-state index contributed by atoms with van der Waals surface area (Å²) in [5.41, 5.74) is 1.20. The lowest BCUT2D eigenvalue weighted by Crippen LogP contribution is -2.04. The van der Waals surface area contributed by atoms with Crippen LogP contribution in [0.5, 0.6) is 0 Å². The highest BCUT2D eigenvalue weighted by Crippen LogP contribution is 2.05. The summed E-state index contributed by atoms with van der Waals surface area (Å²) in [6.45, 7) is 0.739. The van der Waals surface area contributed by atoms with Gasteiger partial charge in [-0.05, 0) is 17.7 Å². The van der Waals surface area contributed by atoms with E-state index in [0.717, 1.165) is 11.4 Å². The molecule has 18 heavy (non-hydrogen) atoms. The topological polar surface area (TPSA) is 29.1 Å². The Morgan fingerprint density at radius 1 is 0.944 bits per heavy atom. The van der Waals surface area contributed by atoms with Crippen LogP contribution in [0.3, 0.4) is 0 Å². The van der Waals surface area contributed by atoms with Gasteiger partial charge in [-0.25, -0.2) is 4.21 Å². The molecule has 92 valence electrons. The molecule has 3 heteroatoms. The molecule has 2 aromatic carbocycles. The molecule has 1 unspecified atom stereocenters. The molecule has 0 saturated heterocycles. The fourth-order valence-corrected chi connectivity index (χ4v) is 2.32. The van der Waals surface area contributed by atoms with E-state index in [-0.39, 0.29) is 0 Å². The minimum atomic E-state index is -1.08. The van der Waals surface area contributed by atoms with Crippen molar-refractivity contribution in [3.05, 3.63) is 77.8 Å². The fraction of sp³-hybridized carbons (Fsp3) is 0.0667. The van der Waals surface area contributed by atoms with Crippen molar-refractivity contribution in [2.75, 3.05) is 0 Å². The molecule has 2 aromatic rings. The molecule has 0 heterocycles. The first kappa shape index (κ1) is 12.6. The van der Waals surface area contributed by atoms with Crippen LogP contribution in [-0.2, 0) is 17.3 Å². The van der Waals surface area contributed by atoms with Gasteiger partial charge < -0.3 is 5.32 Å². The van der Waals surface area contributed by atoms with E-state index in [4.69, 9.17) is 0 Å². The number of hydrogen-bond acceptors (Lipinski definition) is 2. The van der Waals surface area contributed by atoms with Crippen LogP contribution in [0, 0.1) is 0 Å². The first-order chi connectivity index (χ1) is 8.86. The Labute approximate surface area is 110 Å². The zero-order valence-corrected chi connectivity index (χ0v) is 10.8. The van der Waals surface area contributed by atoms with Gasteiger partial charge in [0, 0.05) is 23.0 Å². The minimum Gasteiger partial charge on any atom is -0.386 e. The molecule has 2 nitrogen and oxygen atoms in total. The van der Waals surface area contributed by atoms with Gasteiger partial charge in [-0.2, -0.15) is 0 Å². The van der Waals surface area contributed by atoms with Crippen LogP contribution >= 0.6 is 0 Å². The third-order valence-electron chi connectivity index (χ3n) is 2.43. The quantitative estimate of drug-likeness (QED) is 0.892. The minimum absolute atomic E-state index is 0.739. The Bertz CT molecular complexity index is 523. The predicted octanol–water partition coefficient (Wildman–Crippen LogP) is 3.06. The van der Waals surface area contributed by atoms with E-state index >= 15 is 0 Å². The van der Waals surface area contributed by atoms with Gasteiger partial charge in [-0.15, -0.1) is 0 Å². The number of rotatable bonds is 5. The van der Waals surface area contributed by atoms with Crippen LogP contribution < -0.4 is 5.32 Å². The lowest BCUT2D eigenvalue weighted by Gasteiger charge is -2.00. The molecule has 0 aliphatic heterocycles. The molecule has 0 aromatic heterocycles. The second-order valence-corrected chi connectivity index (χ2v) is 5.12. The molecule has 0 radical (unpaired) electrons. The maximum atomic E-state index is 11.8. The molecule has 0 bridgehead atoms. The smallest absolute Gasteiger partial charge is 0.0790 e. The monoisotopic (exact) mass is 257 g/mol. The summed E-state index contributed by atoms with van der Waals surface area (Å²) in [5, 5.41) is 4.79. The van der Waals surface area contributed by atoms with Gasteiger partial charge in [0.15, 0.2) is 0 Å². The zero-order chi connectivity index (χ0) is 12.6. The second kappa shape index (κ2) is 6.77. The van der Waals surface area contributed by atoms with Crippen molar-refractivity contribution in [2.45, 2.75) is 11.4 Å². The highest BCUT2D eigenvalue weighted by molar-refractivity contribution is 7.88. The number of hydrogen-bond donors (Lipinski definition) is 1. The van der Waals surface area contributed by atoms with Gasteiger partial charge in [-0.3, -0.25) is 0 Å². The summed E-state index contributed by atoms with van der Waals surface area (Å²) in [6.07, 6.45) is 1.75. The number of benzene rings is 2. The average Bonchev–Trinajstić information content (AvgIpc) is 2.45. The summed E-state index contributed by atoms with van der Waals surface area (Å²) in [7, 11) is -1.08. The lowest BCUT2D eigenvalue weighted by atomic mass is 10.2. The van der Waals surface area contributed by atoms with Crippen LogP contribution in [0.2, 0.25) is 0 Å². The van der Waals surface area contributed by atoms with Crippen molar-refractivity contribution < 1.29 is 4.21 Å². The van der Waals surface area contributed by atoms with Crippen LogP contribution in [0.4, 0.5) is 0 Å². The molecular formula is C15H15NOS. The van der Waals surface area contributed by atoms with Crippen molar-refractivity contribution in [1.82, 2.24) is 5.32 Å². The summed E-state index contributed by atoms with van der Waals surface area (Å²) < 4.78 is 11.8. The predicted molar refractivity (Wildman–Crippen MR) is 75.3 cm³/mol. The molecule has 1 N–H and O–H groups in total. The van der Waals surface area contributed by atoms with E-state index in [2.05, 4.69) is 17.4 Å². The molecule has 0 aliphatic rings. The van der Waals surface area contributed by atoms with Crippen molar-refractivity contribution in [1.29, 1.82) is 0 Å². The average molecular weight is 257 g/mol. The summed E-state index contributed by atoms with van der Waals surface area (Å²) >= 11 is 0. The van der Waals surface area contributed by atoms with Gasteiger partial charge in [0.25, 0.3) is 0 Å². The summed E-state index contributed by atoms with van der Waals surface area (Å²) in [5.74, 6) is 0. The molecule has 0 saturated carbocycles. The third kappa shape index (κ3) is 3.86. The standard InChI is InChI=1S/C15H15NOS/c17-18(15-9-5-2-6-10-15)12-11-16-13-14-7-3-1-4-8-14/h1-12,16H,13H2/b12-11-. The van der Waals surface area contributed by atoms with Crippen molar-refractivity contribution in [3.8, 4) is 0 Å². The SMILES string of the molecule is O=S(/C=C\NCc1ccccc1)c1ccccc1. The highest BCUT2D eigenvalue weighted by atomic mass is 32.2. The van der Waals surface area contributed by atoms with Gasteiger partial charge in [0.05, 0.1) is 10.8 Å². The molecular weight excluding hydrogens is 242 g/mol. The first-order valence-corrected chi connectivity index (χ1v) is 6.97. The van der Waals surface area contributed by atoms with Gasteiger partial charge >= 0.3 is 0 Å². The van der Waals surface area contributed by atoms with E-state index in [1.165, 1.54) is 5.56 Å². The van der Waals surface area contributed by atoms with Crippen molar-refractivity contribution in [3.63, 3.8) is 0 Å². The molecule has 0 aliphatic carbocycles. The van der Waals surface area contributed by atoms with Crippen LogP contribution in [-0.4, -0.2) is 4.21 Å². The van der Waals surface area contributed by atoms with E-state index in [0.29, 0.717) is 0 Å². The third-order valence-corrected chi connectivity index (χ3v) is 3.55. The maximum absolute atomic E-state index is 11.8. The Morgan fingerprint density at radius 2 is 1.56 bits per heavy atom. The Kier molecular flexibility index (Phi) is 4.73. The Hall–Kier alpha value is -1.87. The van der Waals surface area contributed by atoms with Gasteiger partial charge in [0.1, 0.15) is 0 Å². The van der Waals surface area contributed by atoms with Gasteiger partial charge in [0.2, 0.25) is 0 Å². The largest absolute Gasteiger partial charge is 0.386 e. The normalized spacial score (nSPS) is 12.4. The first-order valence-electron chi connectivity index (χ1n) is 5.76. The molecule has 0 spiro atoms. The molecule has 0 fully saturated rings. The summed E-state index contributed by atoms with van der Waals surface area (Å²) in [6, 6.07) is 19.5. The van der Waals surface area contributed by atoms with Crippen LogP contribution in [0.25, 0.3) is 0 Å². The summed E-state index contributed by atoms with van der Waals surface area (Å²) in [4.78, 5) is 0.815. The highest BCUT2D eigenvalue weighted by Gasteiger charge is 1.96. The van der Waals surface area contributed by atoms with E-state index in [1.807, 2.05) is 48.5 Å². The van der Waals surface area contributed by atoms with Crippen LogP contribution in [0.15, 0.2) is 77.2 Å². The number of nitrogens with one attached hydrogen (secondary N) is 1. The molecule has 1 atom stereocenters. The van der Waals surface area contributed by atoms with Crippen molar-refractivity contribution >= 4 is 10.8 Å². The lowest BCUT2D eigenvalue weighted by molar-refractivity contribution is 0.688. The fourth-order valence-electron chi connectivity index (χ4n) is 1.52. The van der Waals surface area contributed by atoms with Gasteiger partial charge in [-0.1, -0.05) is 48.5 Å². The van der Waals surface area contributed by atoms with E-state index < -0.39 is 10.8 Å². The maximum Gasteiger partial charge on any atom is 0.0790 e.